The van der Waals surface area contributed by atoms with Gasteiger partial charge in [0.15, 0.2) is 0 Å². The molecule has 2 heteroatoms. The molecule has 0 amide bonds. The minimum absolute atomic E-state index is 0.132. The van der Waals surface area contributed by atoms with E-state index in [4.69, 9.17) is 0 Å². The summed E-state index contributed by atoms with van der Waals surface area (Å²) in [7, 11) is 0. The van der Waals surface area contributed by atoms with Crippen LogP contribution in [0.25, 0.3) is 0 Å². The second-order valence-corrected chi connectivity index (χ2v) is 6.93. The molecule has 0 fully saturated rings. The third-order valence-electron chi connectivity index (χ3n) is 4.40. The lowest BCUT2D eigenvalue weighted by atomic mass is 9.88. The van der Waals surface area contributed by atoms with Crippen LogP contribution in [0.4, 0.5) is 0 Å². The molecule has 3 atom stereocenters. The fourth-order valence-electron chi connectivity index (χ4n) is 2.60. The molecular weight excluding hydrogens is 260 g/mol. The van der Waals surface area contributed by atoms with Crippen LogP contribution in [0.2, 0.25) is 0 Å². The predicted octanol–water partition coefficient (Wildman–Crippen LogP) is 5.78. The van der Waals surface area contributed by atoms with E-state index in [1.165, 1.54) is 12.8 Å². The molecule has 124 valence electrons. The van der Waals surface area contributed by atoms with Gasteiger partial charge in [0.25, 0.3) is 0 Å². The second kappa shape index (κ2) is 10.9. The molecule has 0 bridgehead atoms. The highest BCUT2D eigenvalue weighted by Gasteiger charge is 2.20. The molecule has 0 aromatic heterocycles. The summed E-state index contributed by atoms with van der Waals surface area (Å²) in [5.41, 5.74) is -0.570. The lowest BCUT2D eigenvalue weighted by Crippen LogP contribution is -2.24. The first kappa shape index (κ1) is 20.2. The molecule has 3 unspecified atom stereocenters. The van der Waals surface area contributed by atoms with Gasteiger partial charge in [-0.15, -0.1) is 0 Å². The Balaban J connectivity index is 3.78. The van der Waals surface area contributed by atoms with Gasteiger partial charge in [-0.2, -0.15) is 0 Å². The number of hydrogen-bond donors (Lipinski definition) is 2. The Hall–Kier alpha value is -0.760. The third kappa shape index (κ3) is 11.6. The fraction of sp³-hybridized carbons (Fsp3) is 0.789. The van der Waals surface area contributed by atoms with E-state index < -0.39 is 5.60 Å². The van der Waals surface area contributed by atoms with Gasteiger partial charge in [-0.1, -0.05) is 45.4 Å². The molecule has 0 spiro atoms. The van der Waals surface area contributed by atoms with E-state index in [0.717, 1.165) is 44.4 Å². The average Bonchev–Trinajstić information content (AvgIpc) is 2.38. The summed E-state index contributed by atoms with van der Waals surface area (Å²) in [6, 6.07) is 0. The summed E-state index contributed by atoms with van der Waals surface area (Å²) in [6.07, 6.45) is 12.5. The predicted molar refractivity (Wildman–Crippen MR) is 92.5 cm³/mol. The van der Waals surface area contributed by atoms with Crippen molar-refractivity contribution in [1.29, 1.82) is 0 Å². The molecule has 0 aliphatic rings. The van der Waals surface area contributed by atoms with Gasteiger partial charge in [-0.3, -0.25) is 0 Å². The summed E-state index contributed by atoms with van der Waals surface area (Å²) in [5, 5.41) is 19.7. The smallest absolute Gasteiger partial charge is 0.0879 e. The first-order valence-electron chi connectivity index (χ1n) is 8.49. The van der Waals surface area contributed by atoms with Gasteiger partial charge < -0.3 is 10.2 Å². The van der Waals surface area contributed by atoms with E-state index in [1.54, 1.807) is 0 Å². The maximum atomic E-state index is 10.4. The van der Waals surface area contributed by atoms with Crippen molar-refractivity contribution in [2.24, 2.45) is 11.8 Å². The largest absolute Gasteiger partial charge is 0.513 e. The van der Waals surface area contributed by atoms with Crippen LogP contribution in [0.5, 0.6) is 0 Å². The van der Waals surface area contributed by atoms with Crippen LogP contribution in [0.3, 0.4) is 0 Å². The Labute approximate surface area is 132 Å². The van der Waals surface area contributed by atoms with E-state index >= 15 is 0 Å². The van der Waals surface area contributed by atoms with Crippen molar-refractivity contribution in [3.8, 4) is 0 Å². The van der Waals surface area contributed by atoms with Crippen LogP contribution in [-0.2, 0) is 0 Å². The lowest BCUT2D eigenvalue weighted by Gasteiger charge is -2.24. The number of allylic oxidation sites excluding steroid dienone is 3. The third-order valence-corrected chi connectivity index (χ3v) is 4.40. The van der Waals surface area contributed by atoms with Crippen molar-refractivity contribution in [2.45, 2.75) is 84.7 Å². The van der Waals surface area contributed by atoms with Crippen LogP contribution < -0.4 is 0 Å². The minimum atomic E-state index is -0.570. The quantitative estimate of drug-likeness (QED) is 0.354. The number of aliphatic hydroxyl groups is 2. The Kier molecular flexibility index (Phi) is 10.5. The highest BCUT2D eigenvalue weighted by Crippen LogP contribution is 2.25. The summed E-state index contributed by atoms with van der Waals surface area (Å²) >= 11 is 0. The summed E-state index contributed by atoms with van der Waals surface area (Å²) < 4.78 is 0. The summed E-state index contributed by atoms with van der Waals surface area (Å²) in [6.45, 7) is 11.8. The van der Waals surface area contributed by atoms with E-state index in [0.29, 0.717) is 0 Å². The molecular formula is C19H36O2. The van der Waals surface area contributed by atoms with E-state index in [1.807, 2.05) is 13.8 Å². The second-order valence-electron chi connectivity index (χ2n) is 6.93. The molecule has 0 aromatic rings. The fourth-order valence-corrected chi connectivity index (χ4v) is 2.60. The molecule has 0 heterocycles. The van der Waals surface area contributed by atoms with E-state index in [9.17, 15) is 10.2 Å². The maximum Gasteiger partial charge on any atom is 0.0879 e. The molecule has 0 aliphatic heterocycles. The number of hydrogen-bond acceptors (Lipinski definition) is 2. The van der Waals surface area contributed by atoms with Crippen molar-refractivity contribution >= 4 is 0 Å². The molecule has 2 nitrogen and oxygen atoms in total. The normalized spacial score (nSPS) is 17.6. The molecule has 2 N–H and O–H groups in total. The minimum Gasteiger partial charge on any atom is -0.513 e. The first-order chi connectivity index (χ1) is 9.78. The lowest BCUT2D eigenvalue weighted by molar-refractivity contribution is 0.0348. The van der Waals surface area contributed by atoms with Gasteiger partial charge in [-0.05, 0) is 58.3 Å². The highest BCUT2D eigenvalue weighted by molar-refractivity contribution is 4.86. The van der Waals surface area contributed by atoms with Crippen LogP contribution in [-0.4, -0.2) is 15.8 Å². The average molecular weight is 296 g/mol. The standard InChI is InChI=1S/C19H36O2/c1-6-7-8-11-16(2)12-9-14-19(5,21)15-10-13-17(3)18(4)20/h6-7,16-17,20-21H,4,8-15H2,1-3,5H3/b7-6-. The van der Waals surface area contributed by atoms with E-state index in [2.05, 4.69) is 32.6 Å². The first-order valence-corrected chi connectivity index (χ1v) is 8.49. The highest BCUT2D eigenvalue weighted by atomic mass is 16.3. The van der Waals surface area contributed by atoms with Crippen molar-refractivity contribution < 1.29 is 10.2 Å². The Morgan fingerprint density at radius 3 is 2.24 bits per heavy atom. The molecule has 0 rings (SSSR count). The summed E-state index contributed by atoms with van der Waals surface area (Å²) in [5.74, 6) is 1.12. The molecule has 0 saturated heterocycles. The Morgan fingerprint density at radius 1 is 1.14 bits per heavy atom. The molecule has 21 heavy (non-hydrogen) atoms. The van der Waals surface area contributed by atoms with Crippen LogP contribution in [0.1, 0.15) is 79.1 Å². The van der Waals surface area contributed by atoms with Gasteiger partial charge in [0, 0.05) is 5.92 Å². The monoisotopic (exact) mass is 296 g/mol. The van der Waals surface area contributed by atoms with Crippen molar-refractivity contribution in [3.05, 3.63) is 24.5 Å². The van der Waals surface area contributed by atoms with Crippen molar-refractivity contribution in [1.82, 2.24) is 0 Å². The van der Waals surface area contributed by atoms with Gasteiger partial charge >= 0.3 is 0 Å². The number of aliphatic hydroxyl groups excluding tert-OH is 1. The molecule has 0 radical (unpaired) electrons. The zero-order chi connectivity index (χ0) is 16.3. The zero-order valence-electron chi connectivity index (χ0n) is 14.6. The zero-order valence-corrected chi connectivity index (χ0v) is 14.6. The molecule has 0 saturated carbocycles. The molecule has 0 aliphatic carbocycles. The van der Waals surface area contributed by atoms with Gasteiger partial charge in [0.1, 0.15) is 0 Å². The van der Waals surface area contributed by atoms with Gasteiger partial charge in [0.2, 0.25) is 0 Å². The van der Waals surface area contributed by atoms with Crippen LogP contribution in [0, 0.1) is 11.8 Å². The van der Waals surface area contributed by atoms with E-state index in [-0.39, 0.29) is 11.7 Å². The number of rotatable bonds is 12. The van der Waals surface area contributed by atoms with Crippen molar-refractivity contribution in [2.75, 3.05) is 0 Å². The molecule has 0 aromatic carbocycles. The van der Waals surface area contributed by atoms with Gasteiger partial charge in [0.05, 0.1) is 11.4 Å². The Morgan fingerprint density at radius 2 is 1.71 bits per heavy atom. The topological polar surface area (TPSA) is 40.5 Å². The summed E-state index contributed by atoms with van der Waals surface area (Å²) in [4.78, 5) is 0. The van der Waals surface area contributed by atoms with Gasteiger partial charge in [-0.25, -0.2) is 0 Å². The van der Waals surface area contributed by atoms with Crippen LogP contribution in [0.15, 0.2) is 24.5 Å². The Bertz CT molecular complexity index is 305. The SMILES string of the molecule is C=C(O)C(C)CCCC(C)(O)CCCC(C)CC/C=C\C. The van der Waals surface area contributed by atoms with Crippen LogP contribution >= 0.6 is 0 Å². The maximum absolute atomic E-state index is 10.4. The van der Waals surface area contributed by atoms with Crippen molar-refractivity contribution in [3.63, 3.8) is 0 Å².